The van der Waals surface area contributed by atoms with Crippen LogP contribution >= 0.6 is 0 Å². The number of carbonyl (C=O) groups excluding carboxylic acids is 2. The number of carbonyl (C=O) groups is 2. The summed E-state index contributed by atoms with van der Waals surface area (Å²) >= 11 is 0. The average molecular weight is 402 g/mol. The fraction of sp³-hybridized carbons (Fsp3) is 0.556. The molecule has 0 aliphatic heterocycles. The summed E-state index contributed by atoms with van der Waals surface area (Å²) in [5.41, 5.74) is 5.46. The molecule has 0 saturated heterocycles. The zero-order valence-corrected chi connectivity index (χ0v) is 17.0. The van der Waals surface area contributed by atoms with Gasteiger partial charge in [-0.15, -0.1) is 0 Å². The number of ether oxygens (including phenoxy) is 1. The highest BCUT2D eigenvalue weighted by atomic mass is 32.2. The number of sulfone groups is 1. The number of hydrogen-bond acceptors (Lipinski definition) is 5. The molecule has 1 unspecified atom stereocenters. The molecule has 1 rings (SSSR count). The standard InChI is InChI=1S/C18H27FN2O5S/c1-11(2)16(17(20)22)21(18(23)26-12(3)4)13(5)10-27(24,25)15-8-6-14(19)7-9-15/h6-9,11-13,16H,10H2,1-5H3,(H2,20,22)/t13?,16-/m0/s1. The Morgan fingerprint density at radius 3 is 2.04 bits per heavy atom. The number of nitrogens with zero attached hydrogens (tertiary/aromatic N) is 1. The van der Waals surface area contributed by atoms with Gasteiger partial charge in [-0.05, 0) is 51.0 Å². The van der Waals surface area contributed by atoms with Gasteiger partial charge in [-0.2, -0.15) is 0 Å². The number of hydrogen-bond donors (Lipinski definition) is 1. The molecule has 1 aromatic carbocycles. The molecule has 152 valence electrons. The smallest absolute Gasteiger partial charge is 0.410 e. The van der Waals surface area contributed by atoms with Gasteiger partial charge in [-0.3, -0.25) is 9.69 Å². The monoisotopic (exact) mass is 402 g/mol. The number of benzene rings is 1. The van der Waals surface area contributed by atoms with E-state index in [2.05, 4.69) is 0 Å². The van der Waals surface area contributed by atoms with E-state index in [-0.39, 0.29) is 10.8 Å². The Labute approximate surface area is 159 Å². The largest absolute Gasteiger partial charge is 0.447 e. The van der Waals surface area contributed by atoms with Gasteiger partial charge in [-0.25, -0.2) is 17.6 Å². The van der Waals surface area contributed by atoms with Gasteiger partial charge in [0.25, 0.3) is 0 Å². The Morgan fingerprint density at radius 1 is 1.11 bits per heavy atom. The van der Waals surface area contributed by atoms with Gasteiger partial charge in [0.2, 0.25) is 5.91 Å². The van der Waals surface area contributed by atoms with Crippen LogP contribution in [0.2, 0.25) is 0 Å². The Hall–Kier alpha value is -2.16. The lowest BCUT2D eigenvalue weighted by molar-refractivity contribution is -0.125. The van der Waals surface area contributed by atoms with Gasteiger partial charge >= 0.3 is 6.09 Å². The van der Waals surface area contributed by atoms with Gasteiger partial charge in [0, 0.05) is 6.04 Å². The Balaban J connectivity index is 3.22. The molecule has 0 saturated carbocycles. The second kappa shape index (κ2) is 9.16. The first-order valence-electron chi connectivity index (χ1n) is 8.63. The van der Waals surface area contributed by atoms with Gasteiger partial charge in [0.15, 0.2) is 9.84 Å². The molecule has 0 radical (unpaired) electrons. The fourth-order valence-corrected chi connectivity index (χ4v) is 4.29. The third kappa shape index (κ3) is 6.20. The van der Waals surface area contributed by atoms with Crippen LogP contribution in [0.5, 0.6) is 0 Å². The molecule has 27 heavy (non-hydrogen) atoms. The maximum atomic E-state index is 13.1. The number of amides is 2. The molecule has 2 atom stereocenters. The van der Waals surface area contributed by atoms with Crippen LogP contribution in [-0.4, -0.2) is 49.3 Å². The summed E-state index contributed by atoms with van der Waals surface area (Å²) in [6.45, 7) is 8.19. The highest BCUT2D eigenvalue weighted by molar-refractivity contribution is 7.91. The fourth-order valence-electron chi connectivity index (χ4n) is 2.75. The number of primary amides is 1. The van der Waals surface area contributed by atoms with Crippen molar-refractivity contribution in [2.45, 2.75) is 57.7 Å². The predicted octanol–water partition coefficient (Wildman–Crippen LogP) is 2.34. The average Bonchev–Trinajstić information content (AvgIpc) is 2.50. The van der Waals surface area contributed by atoms with E-state index in [1.807, 2.05) is 0 Å². The van der Waals surface area contributed by atoms with Crippen molar-refractivity contribution in [2.24, 2.45) is 11.7 Å². The third-order valence-corrected chi connectivity index (χ3v) is 5.79. The van der Waals surface area contributed by atoms with E-state index >= 15 is 0 Å². The van der Waals surface area contributed by atoms with Crippen LogP contribution < -0.4 is 5.73 Å². The van der Waals surface area contributed by atoms with Gasteiger partial charge < -0.3 is 10.5 Å². The minimum atomic E-state index is -3.84. The molecule has 0 heterocycles. The summed E-state index contributed by atoms with van der Waals surface area (Å²) < 4.78 is 43.5. The van der Waals surface area contributed by atoms with Crippen molar-refractivity contribution in [2.75, 3.05) is 5.75 Å². The first kappa shape index (κ1) is 22.9. The quantitative estimate of drug-likeness (QED) is 0.672. The van der Waals surface area contributed by atoms with Crippen LogP contribution in [0.3, 0.4) is 0 Å². The number of rotatable bonds is 8. The van der Waals surface area contributed by atoms with Crippen molar-refractivity contribution < 1.29 is 27.1 Å². The second-order valence-corrected chi connectivity index (χ2v) is 9.05. The summed E-state index contributed by atoms with van der Waals surface area (Å²) in [5.74, 6) is -2.13. The van der Waals surface area contributed by atoms with E-state index in [9.17, 15) is 22.4 Å². The molecule has 2 amide bonds. The summed E-state index contributed by atoms with van der Waals surface area (Å²) in [4.78, 5) is 25.5. The molecule has 7 nitrogen and oxygen atoms in total. The number of nitrogens with two attached hydrogens (primary N) is 1. The van der Waals surface area contributed by atoms with E-state index in [0.717, 1.165) is 29.2 Å². The Bertz CT molecular complexity index is 762. The molecule has 0 spiro atoms. The van der Waals surface area contributed by atoms with E-state index in [1.165, 1.54) is 6.92 Å². The van der Waals surface area contributed by atoms with Crippen molar-refractivity contribution >= 4 is 21.8 Å². The molecule has 0 aromatic heterocycles. The minimum Gasteiger partial charge on any atom is -0.447 e. The first-order valence-corrected chi connectivity index (χ1v) is 10.3. The first-order chi connectivity index (χ1) is 12.4. The summed E-state index contributed by atoms with van der Waals surface area (Å²) in [6, 6.07) is 2.47. The van der Waals surface area contributed by atoms with Crippen LogP contribution in [0, 0.1) is 11.7 Å². The normalized spacial score (nSPS) is 14.1. The maximum absolute atomic E-state index is 13.1. The Morgan fingerprint density at radius 2 is 1.63 bits per heavy atom. The molecule has 0 fully saturated rings. The Kier molecular flexibility index (Phi) is 7.77. The zero-order valence-electron chi connectivity index (χ0n) is 16.2. The van der Waals surface area contributed by atoms with Crippen molar-refractivity contribution in [1.29, 1.82) is 0 Å². The van der Waals surface area contributed by atoms with Crippen molar-refractivity contribution in [3.63, 3.8) is 0 Å². The van der Waals surface area contributed by atoms with E-state index in [4.69, 9.17) is 10.5 Å². The van der Waals surface area contributed by atoms with Crippen LogP contribution in [0.15, 0.2) is 29.2 Å². The van der Waals surface area contributed by atoms with E-state index in [1.54, 1.807) is 27.7 Å². The topological polar surface area (TPSA) is 107 Å². The lowest BCUT2D eigenvalue weighted by Gasteiger charge is -2.36. The molecule has 0 aliphatic carbocycles. The van der Waals surface area contributed by atoms with Crippen molar-refractivity contribution in [1.82, 2.24) is 4.90 Å². The number of halogens is 1. The summed E-state index contributed by atoms with van der Waals surface area (Å²) in [7, 11) is -3.84. The molecule has 1 aromatic rings. The molecule has 2 N–H and O–H groups in total. The highest BCUT2D eigenvalue weighted by Crippen LogP contribution is 2.20. The van der Waals surface area contributed by atoms with E-state index in [0.29, 0.717) is 0 Å². The minimum absolute atomic E-state index is 0.0758. The SMILES string of the molecule is CC(C)OC(=O)N(C(C)CS(=O)(=O)c1ccc(F)cc1)[C@H](C(N)=O)C(C)C. The highest BCUT2D eigenvalue weighted by Gasteiger charge is 2.37. The van der Waals surface area contributed by atoms with Crippen LogP contribution in [0.1, 0.15) is 34.6 Å². The maximum Gasteiger partial charge on any atom is 0.410 e. The van der Waals surface area contributed by atoms with Gasteiger partial charge in [0.05, 0.1) is 16.8 Å². The molecular formula is C18H27FN2O5S. The van der Waals surface area contributed by atoms with Crippen molar-refractivity contribution in [3.05, 3.63) is 30.1 Å². The lowest BCUT2D eigenvalue weighted by atomic mass is 10.0. The second-order valence-electron chi connectivity index (χ2n) is 7.02. The molecule has 0 aliphatic rings. The van der Waals surface area contributed by atoms with Crippen LogP contribution in [0.25, 0.3) is 0 Å². The van der Waals surface area contributed by atoms with Crippen LogP contribution in [-0.2, 0) is 19.4 Å². The predicted molar refractivity (Wildman–Crippen MR) is 99.2 cm³/mol. The lowest BCUT2D eigenvalue weighted by Crippen LogP contribution is -2.56. The molecular weight excluding hydrogens is 375 g/mol. The summed E-state index contributed by atoms with van der Waals surface area (Å²) in [6.07, 6.45) is -1.27. The van der Waals surface area contributed by atoms with E-state index < -0.39 is 51.6 Å². The third-order valence-electron chi connectivity index (χ3n) is 3.88. The van der Waals surface area contributed by atoms with Crippen molar-refractivity contribution in [3.8, 4) is 0 Å². The van der Waals surface area contributed by atoms with Gasteiger partial charge in [-0.1, -0.05) is 13.8 Å². The van der Waals surface area contributed by atoms with Crippen LogP contribution in [0.4, 0.5) is 9.18 Å². The molecule has 0 bridgehead atoms. The summed E-state index contributed by atoms with van der Waals surface area (Å²) in [5, 5.41) is 0. The molecule has 9 heteroatoms. The van der Waals surface area contributed by atoms with Gasteiger partial charge in [0.1, 0.15) is 11.9 Å². The zero-order chi connectivity index (χ0) is 20.9.